The number of hydrogen-bond donors (Lipinski definition) is 3. The lowest BCUT2D eigenvalue weighted by Gasteiger charge is -2.10. The Kier molecular flexibility index (Phi) is 4.95. The highest BCUT2D eigenvalue weighted by Crippen LogP contribution is 2.20. The van der Waals surface area contributed by atoms with Gasteiger partial charge in [0.05, 0.1) is 5.56 Å². The molecule has 0 atom stereocenters. The third-order valence-corrected chi connectivity index (χ3v) is 3.07. The van der Waals surface area contributed by atoms with Crippen LogP contribution in [0.3, 0.4) is 0 Å². The molecule has 0 aliphatic heterocycles. The zero-order valence-corrected chi connectivity index (χ0v) is 11.9. The van der Waals surface area contributed by atoms with Crippen LogP contribution in [0.25, 0.3) is 0 Å². The summed E-state index contributed by atoms with van der Waals surface area (Å²) in [7, 11) is 1.77. The van der Waals surface area contributed by atoms with Crippen LogP contribution in [-0.4, -0.2) is 34.7 Å². The van der Waals surface area contributed by atoms with Gasteiger partial charge < -0.3 is 10.6 Å². The molecule has 0 unspecified atom stereocenters. The summed E-state index contributed by atoms with van der Waals surface area (Å²) in [5.74, 6) is 0.673. The summed E-state index contributed by atoms with van der Waals surface area (Å²) >= 11 is 5.92. The number of aromatic nitrogens is 3. The fourth-order valence-electron chi connectivity index (χ4n) is 1.83. The molecule has 0 fully saturated rings. The first-order valence-corrected chi connectivity index (χ1v) is 6.68. The number of hydrogen-bond acceptors (Lipinski definition) is 4. The second kappa shape index (κ2) is 6.91. The van der Waals surface area contributed by atoms with Crippen LogP contribution >= 0.6 is 11.6 Å². The van der Waals surface area contributed by atoms with Gasteiger partial charge in [-0.15, -0.1) is 0 Å². The minimum Gasteiger partial charge on any atom is -0.387 e. The van der Waals surface area contributed by atoms with Crippen molar-refractivity contribution in [2.75, 3.05) is 18.9 Å². The van der Waals surface area contributed by atoms with E-state index in [1.807, 2.05) is 0 Å². The molecule has 2 rings (SSSR count). The fraction of sp³-hybridized carbons (Fsp3) is 0.308. The van der Waals surface area contributed by atoms with Crippen molar-refractivity contribution in [2.24, 2.45) is 0 Å². The molecule has 6 nitrogen and oxygen atoms in total. The van der Waals surface area contributed by atoms with E-state index in [4.69, 9.17) is 11.6 Å². The lowest BCUT2D eigenvalue weighted by Crippen LogP contribution is -2.25. The quantitative estimate of drug-likeness (QED) is 0.710. The van der Waals surface area contributed by atoms with Crippen LogP contribution in [0.5, 0.6) is 0 Å². The van der Waals surface area contributed by atoms with Crippen molar-refractivity contribution in [3.05, 3.63) is 40.9 Å². The van der Waals surface area contributed by atoms with E-state index in [0.717, 1.165) is 24.4 Å². The number of benzene rings is 1. The van der Waals surface area contributed by atoms with Crippen LogP contribution in [0, 0.1) is 0 Å². The molecule has 106 valence electrons. The Bertz CT molecular complexity index is 570. The minimum absolute atomic E-state index is 0.144. The van der Waals surface area contributed by atoms with Gasteiger partial charge in [-0.3, -0.25) is 9.89 Å². The zero-order chi connectivity index (χ0) is 14.4. The van der Waals surface area contributed by atoms with Gasteiger partial charge in [0.25, 0.3) is 5.91 Å². The molecule has 0 saturated heterocycles. The Hall–Kier alpha value is -2.08. The number of H-pyrrole nitrogens is 1. The molecule has 1 aromatic carbocycles. The maximum Gasteiger partial charge on any atom is 0.253 e. The molecular formula is C13H16ClN5O. The number of carbonyl (C=O) groups is 1. The van der Waals surface area contributed by atoms with Crippen molar-refractivity contribution < 1.29 is 4.79 Å². The van der Waals surface area contributed by atoms with Crippen molar-refractivity contribution in [3.8, 4) is 0 Å². The van der Waals surface area contributed by atoms with Crippen LogP contribution in [0.2, 0.25) is 5.02 Å². The maximum absolute atomic E-state index is 12.1. The molecular weight excluding hydrogens is 278 g/mol. The number of anilines is 1. The van der Waals surface area contributed by atoms with Crippen LogP contribution in [0.15, 0.2) is 24.5 Å². The van der Waals surface area contributed by atoms with E-state index in [9.17, 15) is 4.79 Å². The van der Waals surface area contributed by atoms with Gasteiger partial charge in [-0.05, 0) is 24.6 Å². The molecule has 3 N–H and O–H groups in total. The predicted octanol–water partition coefficient (Wildman–Crippen LogP) is 1.86. The fourth-order valence-corrected chi connectivity index (χ4v) is 2.00. The number of amides is 1. The topological polar surface area (TPSA) is 82.7 Å². The van der Waals surface area contributed by atoms with Crippen molar-refractivity contribution in [3.63, 3.8) is 0 Å². The summed E-state index contributed by atoms with van der Waals surface area (Å²) in [4.78, 5) is 16.1. The summed E-state index contributed by atoms with van der Waals surface area (Å²) < 4.78 is 0. The normalized spacial score (nSPS) is 10.3. The molecule has 0 saturated carbocycles. The zero-order valence-electron chi connectivity index (χ0n) is 11.1. The number of nitrogens with one attached hydrogen (secondary N) is 3. The van der Waals surface area contributed by atoms with Crippen molar-refractivity contribution in [2.45, 2.75) is 12.8 Å². The molecule has 0 spiro atoms. The number of halogens is 1. The van der Waals surface area contributed by atoms with Crippen molar-refractivity contribution in [1.82, 2.24) is 20.5 Å². The molecule has 0 aliphatic carbocycles. The number of aromatic amines is 1. The van der Waals surface area contributed by atoms with E-state index in [-0.39, 0.29) is 5.91 Å². The lowest BCUT2D eigenvalue weighted by atomic mass is 10.1. The summed E-state index contributed by atoms with van der Waals surface area (Å²) in [5, 5.41) is 12.9. The standard InChI is InChI=1S/C13H16ClN5O/c1-15-11-5-4-9(14)7-10(11)13(20)16-6-2-3-12-17-8-18-19-12/h4-5,7-8,15H,2-3,6H2,1H3,(H,16,20)(H,17,18,19). The van der Waals surface area contributed by atoms with E-state index in [1.54, 1.807) is 25.2 Å². The first kappa shape index (κ1) is 14.3. The van der Waals surface area contributed by atoms with E-state index in [2.05, 4.69) is 25.8 Å². The number of rotatable bonds is 6. The molecule has 0 bridgehead atoms. The Balaban J connectivity index is 1.87. The molecule has 7 heteroatoms. The summed E-state index contributed by atoms with van der Waals surface area (Å²) in [6.07, 6.45) is 3.00. The summed E-state index contributed by atoms with van der Waals surface area (Å²) in [6.45, 7) is 0.565. The monoisotopic (exact) mass is 293 g/mol. The van der Waals surface area contributed by atoms with Crippen molar-refractivity contribution >= 4 is 23.2 Å². The number of aryl methyl sites for hydroxylation is 1. The van der Waals surface area contributed by atoms with E-state index < -0.39 is 0 Å². The third-order valence-electron chi connectivity index (χ3n) is 2.84. The van der Waals surface area contributed by atoms with Crippen LogP contribution in [-0.2, 0) is 6.42 Å². The SMILES string of the molecule is CNc1ccc(Cl)cc1C(=O)NCCCc1ncn[nH]1. The van der Waals surface area contributed by atoms with Gasteiger partial charge in [0.1, 0.15) is 12.2 Å². The highest BCUT2D eigenvalue weighted by molar-refractivity contribution is 6.31. The van der Waals surface area contributed by atoms with Gasteiger partial charge in [0, 0.05) is 30.7 Å². The van der Waals surface area contributed by atoms with Gasteiger partial charge in [0.15, 0.2) is 0 Å². The highest BCUT2D eigenvalue weighted by Gasteiger charge is 2.10. The van der Waals surface area contributed by atoms with Gasteiger partial charge in [-0.2, -0.15) is 5.10 Å². The second-order valence-corrected chi connectivity index (χ2v) is 4.67. The molecule has 2 aromatic rings. The van der Waals surface area contributed by atoms with Gasteiger partial charge >= 0.3 is 0 Å². The first-order chi connectivity index (χ1) is 9.70. The number of nitrogens with zero attached hydrogens (tertiary/aromatic N) is 2. The lowest BCUT2D eigenvalue weighted by molar-refractivity contribution is 0.0954. The average molecular weight is 294 g/mol. The molecule has 1 amide bonds. The Morgan fingerprint density at radius 3 is 3.00 bits per heavy atom. The van der Waals surface area contributed by atoms with E-state index >= 15 is 0 Å². The van der Waals surface area contributed by atoms with Crippen molar-refractivity contribution in [1.29, 1.82) is 0 Å². The van der Waals surface area contributed by atoms with Crippen LogP contribution in [0.4, 0.5) is 5.69 Å². The molecule has 0 radical (unpaired) electrons. The number of carbonyl (C=O) groups excluding carboxylic acids is 1. The Morgan fingerprint density at radius 1 is 1.45 bits per heavy atom. The summed E-state index contributed by atoms with van der Waals surface area (Å²) in [5.41, 5.74) is 1.29. The van der Waals surface area contributed by atoms with Gasteiger partial charge in [0.2, 0.25) is 0 Å². The van der Waals surface area contributed by atoms with Gasteiger partial charge in [-0.1, -0.05) is 11.6 Å². The maximum atomic E-state index is 12.1. The second-order valence-electron chi connectivity index (χ2n) is 4.23. The molecule has 0 aliphatic rings. The summed E-state index contributed by atoms with van der Waals surface area (Å²) in [6, 6.07) is 5.18. The van der Waals surface area contributed by atoms with Crippen LogP contribution in [0.1, 0.15) is 22.6 Å². The largest absolute Gasteiger partial charge is 0.387 e. The smallest absolute Gasteiger partial charge is 0.253 e. The molecule has 20 heavy (non-hydrogen) atoms. The van der Waals surface area contributed by atoms with E-state index in [0.29, 0.717) is 17.1 Å². The average Bonchev–Trinajstić information content (AvgIpc) is 2.96. The van der Waals surface area contributed by atoms with E-state index in [1.165, 1.54) is 6.33 Å². The minimum atomic E-state index is -0.144. The third kappa shape index (κ3) is 3.71. The first-order valence-electron chi connectivity index (χ1n) is 6.30. The predicted molar refractivity (Wildman–Crippen MR) is 78.0 cm³/mol. The van der Waals surface area contributed by atoms with Gasteiger partial charge in [-0.25, -0.2) is 4.98 Å². The molecule has 1 heterocycles. The Morgan fingerprint density at radius 2 is 2.30 bits per heavy atom. The molecule has 1 aromatic heterocycles. The highest BCUT2D eigenvalue weighted by atomic mass is 35.5. The Labute approximate surface area is 121 Å². The van der Waals surface area contributed by atoms with Crippen LogP contribution < -0.4 is 10.6 Å².